The van der Waals surface area contributed by atoms with Crippen molar-refractivity contribution in [2.24, 2.45) is 0 Å². The van der Waals surface area contributed by atoms with Crippen LogP contribution in [0, 0.1) is 6.92 Å². The second-order valence-electron chi connectivity index (χ2n) is 4.80. The fourth-order valence-corrected chi connectivity index (χ4v) is 2.14. The van der Waals surface area contributed by atoms with Gasteiger partial charge in [0.15, 0.2) is 0 Å². The molecule has 0 spiro atoms. The molecule has 2 aromatic rings. The van der Waals surface area contributed by atoms with E-state index in [0.29, 0.717) is 6.61 Å². The van der Waals surface area contributed by atoms with Crippen LogP contribution in [0.15, 0.2) is 46.9 Å². The standard InChI is InChI=1S/C17H20BrNO/c1-3-19-11-14-4-6-15(7-5-14)12-20-16-8-9-17(18)13(2)10-16/h4-10,19H,3,11-12H2,1-2H3. The molecule has 0 aromatic heterocycles. The van der Waals surface area contributed by atoms with Crippen LogP contribution in [-0.4, -0.2) is 6.54 Å². The maximum atomic E-state index is 5.81. The molecule has 0 radical (unpaired) electrons. The van der Waals surface area contributed by atoms with Crippen LogP contribution >= 0.6 is 15.9 Å². The van der Waals surface area contributed by atoms with Gasteiger partial charge in [0.25, 0.3) is 0 Å². The van der Waals surface area contributed by atoms with Gasteiger partial charge in [-0.15, -0.1) is 0 Å². The number of rotatable bonds is 6. The predicted molar refractivity (Wildman–Crippen MR) is 87.0 cm³/mol. The highest BCUT2D eigenvalue weighted by atomic mass is 79.9. The zero-order valence-corrected chi connectivity index (χ0v) is 13.5. The van der Waals surface area contributed by atoms with Gasteiger partial charge in [-0.05, 0) is 48.4 Å². The molecule has 0 aliphatic carbocycles. The molecule has 0 aliphatic heterocycles. The van der Waals surface area contributed by atoms with Gasteiger partial charge in [-0.3, -0.25) is 0 Å². The van der Waals surface area contributed by atoms with Crippen molar-refractivity contribution in [1.82, 2.24) is 5.32 Å². The van der Waals surface area contributed by atoms with Gasteiger partial charge in [0.05, 0.1) is 0 Å². The molecule has 1 N–H and O–H groups in total. The lowest BCUT2D eigenvalue weighted by Crippen LogP contribution is -2.11. The van der Waals surface area contributed by atoms with Crippen molar-refractivity contribution in [3.8, 4) is 5.75 Å². The highest BCUT2D eigenvalue weighted by molar-refractivity contribution is 9.10. The van der Waals surface area contributed by atoms with E-state index in [-0.39, 0.29) is 0 Å². The maximum Gasteiger partial charge on any atom is 0.120 e. The molecule has 0 aliphatic rings. The highest BCUT2D eigenvalue weighted by Crippen LogP contribution is 2.22. The molecule has 2 rings (SSSR count). The molecule has 0 fully saturated rings. The van der Waals surface area contributed by atoms with E-state index in [0.717, 1.165) is 23.3 Å². The number of benzene rings is 2. The normalized spacial score (nSPS) is 10.6. The van der Waals surface area contributed by atoms with E-state index in [1.54, 1.807) is 0 Å². The Morgan fingerprint density at radius 2 is 1.75 bits per heavy atom. The van der Waals surface area contributed by atoms with Crippen molar-refractivity contribution in [2.45, 2.75) is 27.0 Å². The first-order valence-corrected chi connectivity index (χ1v) is 7.66. The van der Waals surface area contributed by atoms with Crippen LogP contribution in [0.25, 0.3) is 0 Å². The molecule has 0 heterocycles. The summed E-state index contributed by atoms with van der Waals surface area (Å²) in [5.41, 5.74) is 3.67. The number of aryl methyl sites for hydroxylation is 1. The lowest BCUT2D eigenvalue weighted by molar-refractivity contribution is 0.306. The summed E-state index contributed by atoms with van der Waals surface area (Å²) in [6.07, 6.45) is 0. The Bertz CT molecular complexity index is 551. The Hall–Kier alpha value is -1.32. The molecule has 106 valence electrons. The fourth-order valence-electron chi connectivity index (χ4n) is 1.90. The molecule has 0 saturated heterocycles. The van der Waals surface area contributed by atoms with Crippen molar-refractivity contribution in [3.63, 3.8) is 0 Å². The quantitative estimate of drug-likeness (QED) is 0.843. The second-order valence-corrected chi connectivity index (χ2v) is 5.65. The summed E-state index contributed by atoms with van der Waals surface area (Å²) in [6, 6.07) is 14.6. The smallest absolute Gasteiger partial charge is 0.120 e. The third-order valence-corrected chi connectivity index (χ3v) is 4.03. The molecule has 0 saturated carbocycles. The van der Waals surface area contributed by atoms with Crippen LogP contribution in [0.3, 0.4) is 0 Å². The van der Waals surface area contributed by atoms with E-state index in [1.807, 2.05) is 18.2 Å². The minimum atomic E-state index is 0.600. The van der Waals surface area contributed by atoms with Crippen LogP contribution in [0.5, 0.6) is 5.75 Å². The molecular formula is C17H20BrNO. The van der Waals surface area contributed by atoms with Crippen molar-refractivity contribution in [3.05, 3.63) is 63.6 Å². The Labute approximate surface area is 129 Å². The Morgan fingerprint density at radius 3 is 2.40 bits per heavy atom. The van der Waals surface area contributed by atoms with E-state index in [1.165, 1.54) is 16.7 Å². The summed E-state index contributed by atoms with van der Waals surface area (Å²) in [5.74, 6) is 0.905. The number of nitrogens with one attached hydrogen (secondary N) is 1. The summed E-state index contributed by atoms with van der Waals surface area (Å²) in [4.78, 5) is 0. The van der Waals surface area contributed by atoms with Gasteiger partial charge in [-0.25, -0.2) is 0 Å². The third-order valence-electron chi connectivity index (χ3n) is 3.14. The first-order chi connectivity index (χ1) is 9.69. The van der Waals surface area contributed by atoms with E-state index >= 15 is 0 Å². The first kappa shape index (κ1) is 15.1. The average Bonchev–Trinajstić information content (AvgIpc) is 2.47. The van der Waals surface area contributed by atoms with Crippen LogP contribution < -0.4 is 10.1 Å². The number of hydrogen-bond acceptors (Lipinski definition) is 2. The van der Waals surface area contributed by atoms with Crippen molar-refractivity contribution in [2.75, 3.05) is 6.54 Å². The lowest BCUT2D eigenvalue weighted by atomic mass is 10.1. The molecule has 0 unspecified atom stereocenters. The monoisotopic (exact) mass is 333 g/mol. The molecular weight excluding hydrogens is 314 g/mol. The van der Waals surface area contributed by atoms with Crippen LogP contribution in [0.1, 0.15) is 23.6 Å². The van der Waals surface area contributed by atoms with Crippen molar-refractivity contribution in [1.29, 1.82) is 0 Å². The number of hydrogen-bond donors (Lipinski definition) is 1. The summed E-state index contributed by atoms with van der Waals surface area (Å²) >= 11 is 3.49. The Morgan fingerprint density at radius 1 is 1.05 bits per heavy atom. The largest absolute Gasteiger partial charge is 0.489 e. The lowest BCUT2D eigenvalue weighted by Gasteiger charge is -2.09. The maximum absolute atomic E-state index is 5.81. The topological polar surface area (TPSA) is 21.3 Å². The summed E-state index contributed by atoms with van der Waals surface area (Å²) in [5, 5.41) is 3.32. The first-order valence-electron chi connectivity index (χ1n) is 6.86. The third kappa shape index (κ3) is 4.36. The van der Waals surface area contributed by atoms with Gasteiger partial charge in [0.1, 0.15) is 12.4 Å². The predicted octanol–water partition coefficient (Wildman–Crippen LogP) is 4.45. The zero-order valence-electron chi connectivity index (χ0n) is 11.9. The number of halogens is 1. The SMILES string of the molecule is CCNCc1ccc(COc2ccc(Br)c(C)c2)cc1. The molecule has 0 amide bonds. The second kappa shape index (κ2) is 7.46. The van der Waals surface area contributed by atoms with Crippen LogP contribution in [0.4, 0.5) is 0 Å². The Balaban J connectivity index is 1.91. The van der Waals surface area contributed by atoms with Crippen LogP contribution in [0.2, 0.25) is 0 Å². The minimum Gasteiger partial charge on any atom is -0.489 e. The van der Waals surface area contributed by atoms with E-state index in [4.69, 9.17) is 4.74 Å². The minimum absolute atomic E-state index is 0.600. The molecule has 3 heteroatoms. The van der Waals surface area contributed by atoms with Gasteiger partial charge in [0, 0.05) is 11.0 Å². The fraction of sp³-hybridized carbons (Fsp3) is 0.294. The van der Waals surface area contributed by atoms with Gasteiger partial charge in [-0.2, -0.15) is 0 Å². The summed E-state index contributed by atoms with van der Waals surface area (Å²) in [7, 11) is 0. The number of ether oxygens (including phenoxy) is 1. The average molecular weight is 334 g/mol. The summed E-state index contributed by atoms with van der Waals surface area (Å²) < 4.78 is 6.92. The highest BCUT2D eigenvalue weighted by Gasteiger charge is 2.00. The van der Waals surface area contributed by atoms with Gasteiger partial charge < -0.3 is 10.1 Å². The molecule has 0 atom stereocenters. The van der Waals surface area contributed by atoms with Gasteiger partial charge >= 0.3 is 0 Å². The van der Waals surface area contributed by atoms with Crippen LogP contribution in [-0.2, 0) is 13.2 Å². The van der Waals surface area contributed by atoms with Gasteiger partial charge in [0.2, 0.25) is 0 Å². The molecule has 2 nitrogen and oxygen atoms in total. The van der Waals surface area contributed by atoms with Crippen molar-refractivity contribution >= 4 is 15.9 Å². The molecule has 20 heavy (non-hydrogen) atoms. The summed E-state index contributed by atoms with van der Waals surface area (Å²) in [6.45, 7) is 6.69. The van der Waals surface area contributed by atoms with E-state index in [2.05, 4.69) is 59.4 Å². The van der Waals surface area contributed by atoms with E-state index < -0.39 is 0 Å². The van der Waals surface area contributed by atoms with Crippen molar-refractivity contribution < 1.29 is 4.74 Å². The molecule has 2 aromatic carbocycles. The zero-order chi connectivity index (χ0) is 14.4. The van der Waals surface area contributed by atoms with E-state index in [9.17, 15) is 0 Å². The molecule has 0 bridgehead atoms. The van der Waals surface area contributed by atoms with Gasteiger partial charge in [-0.1, -0.05) is 47.1 Å². The Kier molecular flexibility index (Phi) is 5.62.